The Balaban J connectivity index is -0.000000235. The van der Waals surface area contributed by atoms with Gasteiger partial charge >= 0.3 is 0 Å². The Labute approximate surface area is 105 Å². The molecule has 0 radical (unpaired) electrons. The minimum Gasteiger partial charge on any atom is -0.330 e. The van der Waals surface area contributed by atoms with Crippen LogP contribution >= 0.6 is 0 Å². The average Bonchev–Trinajstić information content (AvgIpc) is 2.26. The molecule has 0 amide bonds. The van der Waals surface area contributed by atoms with Gasteiger partial charge in [-0.05, 0) is 13.0 Å². The molecule has 1 heteroatoms. The summed E-state index contributed by atoms with van der Waals surface area (Å²) in [6, 6.07) is 0. The highest BCUT2D eigenvalue weighted by Gasteiger charge is 1.87. The Bertz CT molecular complexity index is 61.8. The maximum atomic E-state index is 5.37. The van der Waals surface area contributed by atoms with Crippen LogP contribution in [0.1, 0.15) is 92.4 Å². The first kappa shape index (κ1) is 21.3. The zero-order chi connectivity index (χ0) is 13.1. The minimum absolute atomic E-state index is 0.869. The van der Waals surface area contributed by atoms with Gasteiger partial charge in [-0.1, -0.05) is 86.0 Å². The third-order valence-corrected chi connectivity index (χ3v) is 1.81. The Hall–Kier alpha value is -0.0400. The van der Waals surface area contributed by atoms with Crippen molar-refractivity contribution in [1.82, 2.24) is 0 Å². The second-order valence-corrected chi connectivity index (χ2v) is 4.32. The lowest BCUT2D eigenvalue weighted by Crippen LogP contribution is -1.97. The Morgan fingerprint density at radius 3 is 1.19 bits per heavy atom. The van der Waals surface area contributed by atoms with E-state index < -0.39 is 0 Å². The Morgan fingerprint density at radius 1 is 0.562 bits per heavy atom. The number of hydrogen-bond donors (Lipinski definition) is 1. The van der Waals surface area contributed by atoms with Crippen molar-refractivity contribution in [2.24, 2.45) is 5.73 Å². The van der Waals surface area contributed by atoms with Crippen LogP contribution in [0.4, 0.5) is 0 Å². The molecule has 0 saturated heterocycles. The topological polar surface area (TPSA) is 26.0 Å². The van der Waals surface area contributed by atoms with Crippen LogP contribution in [0.5, 0.6) is 0 Å². The van der Waals surface area contributed by atoms with Gasteiger partial charge < -0.3 is 5.73 Å². The molecule has 0 saturated carbocycles. The van der Waals surface area contributed by atoms with Crippen LogP contribution in [0, 0.1) is 0 Å². The maximum absolute atomic E-state index is 5.37. The average molecular weight is 231 g/mol. The fraction of sp³-hybridized carbons (Fsp3) is 1.00. The predicted molar refractivity (Wildman–Crippen MR) is 79.0 cm³/mol. The zero-order valence-corrected chi connectivity index (χ0v) is 12.6. The van der Waals surface area contributed by atoms with Crippen LogP contribution in [-0.2, 0) is 0 Å². The molecule has 0 aromatic carbocycles. The smallest absolute Gasteiger partial charge is 0.00773 e. The van der Waals surface area contributed by atoms with Gasteiger partial charge in [0.2, 0.25) is 0 Å². The van der Waals surface area contributed by atoms with E-state index in [0.29, 0.717) is 0 Å². The molecule has 0 spiro atoms. The van der Waals surface area contributed by atoms with Gasteiger partial charge in [-0.3, -0.25) is 0 Å². The molecule has 0 aliphatic carbocycles. The van der Waals surface area contributed by atoms with Gasteiger partial charge in [0.1, 0.15) is 0 Å². The van der Waals surface area contributed by atoms with E-state index in [1.165, 1.54) is 57.8 Å². The van der Waals surface area contributed by atoms with Crippen molar-refractivity contribution < 1.29 is 0 Å². The van der Waals surface area contributed by atoms with Crippen LogP contribution in [0.25, 0.3) is 0 Å². The lowest BCUT2D eigenvalue weighted by atomic mass is 10.1. The number of hydrogen-bond acceptors (Lipinski definition) is 1. The first-order valence-corrected chi connectivity index (χ1v) is 7.44. The first-order valence-electron chi connectivity index (χ1n) is 7.44. The summed E-state index contributed by atoms with van der Waals surface area (Å²) in [6.07, 6.45) is 12.0. The molecule has 0 bridgehead atoms. The van der Waals surface area contributed by atoms with Gasteiger partial charge in [-0.2, -0.15) is 0 Å². The van der Waals surface area contributed by atoms with Crippen molar-refractivity contribution >= 4 is 0 Å². The van der Waals surface area contributed by atoms with Crippen LogP contribution in [-0.4, -0.2) is 6.54 Å². The zero-order valence-electron chi connectivity index (χ0n) is 12.6. The van der Waals surface area contributed by atoms with E-state index in [9.17, 15) is 0 Å². The van der Waals surface area contributed by atoms with Crippen LogP contribution in [0.2, 0.25) is 0 Å². The predicted octanol–water partition coefficient (Wildman–Crippen LogP) is 5.53. The van der Waals surface area contributed by atoms with E-state index >= 15 is 0 Å². The summed E-state index contributed by atoms with van der Waals surface area (Å²) >= 11 is 0. The van der Waals surface area contributed by atoms with E-state index in [4.69, 9.17) is 5.73 Å². The quantitative estimate of drug-likeness (QED) is 0.573. The molecule has 2 N–H and O–H groups in total. The Kier molecular flexibility index (Phi) is 39.1. The van der Waals surface area contributed by atoms with E-state index in [0.717, 1.165) is 6.54 Å². The van der Waals surface area contributed by atoms with Gasteiger partial charge in [0.05, 0.1) is 0 Å². The second-order valence-electron chi connectivity index (χ2n) is 4.32. The van der Waals surface area contributed by atoms with Crippen molar-refractivity contribution in [3.8, 4) is 0 Å². The summed E-state index contributed by atoms with van der Waals surface area (Å²) in [7, 11) is 0. The van der Waals surface area contributed by atoms with Crippen LogP contribution in [0.15, 0.2) is 0 Å². The summed E-state index contributed by atoms with van der Waals surface area (Å²) in [5.41, 5.74) is 5.37. The summed E-state index contributed by atoms with van der Waals surface area (Å²) in [5.74, 6) is 0. The van der Waals surface area contributed by atoms with Crippen LogP contribution < -0.4 is 5.73 Å². The highest BCUT2D eigenvalue weighted by Crippen LogP contribution is 2.05. The number of unbranched alkanes of at least 4 members (excludes halogenated alkanes) is 6. The van der Waals surface area contributed by atoms with Crippen molar-refractivity contribution in [3.05, 3.63) is 0 Å². The molecule has 0 aromatic heterocycles. The SMILES string of the molecule is CCC.CCC.CCCCCCCCCN. The third kappa shape index (κ3) is 48.4. The van der Waals surface area contributed by atoms with Gasteiger partial charge in [-0.25, -0.2) is 0 Å². The van der Waals surface area contributed by atoms with Crippen molar-refractivity contribution in [1.29, 1.82) is 0 Å². The lowest BCUT2D eigenvalue weighted by Gasteiger charge is -1.97. The van der Waals surface area contributed by atoms with Crippen molar-refractivity contribution in [3.63, 3.8) is 0 Å². The normalized spacial score (nSPS) is 8.62. The number of rotatable bonds is 7. The summed E-state index contributed by atoms with van der Waals surface area (Å²) in [6.45, 7) is 11.6. The second kappa shape index (κ2) is 29.4. The van der Waals surface area contributed by atoms with Gasteiger partial charge in [0.15, 0.2) is 0 Å². The molecule has 1 nitrogen and oxygen atoms in total. The monoisotopic (exact) mass is 231 g/mol. The molecule has 16 heavy (non-hydrogen) atoms. The maximum Gasteiger partial charge on any atom is -0.00773 e. The molecule has 102 valence electrons. The summed E-state index contributed by atoms with van der Waals surface area (Å²) in [4.78, 5) is 0. The fourth-order valence-corrected chi connectivity index (χ4v) is 1.10. The van der Waals surface area contributed by atoms with E-state index in [-0.39, 0.29) is 0 Å². The molecular weight excluding hydrogens is 194 g/mol. The van der Waals surface area contributed by atoms with E-state index in [1.54, 1.807) is 0 Å². The molecule has 0 aliphatic heterocycles. The lowest BCUT2D eigenvalue weighted by molar-refractivity contribution is 0.593. The molecule has 0 aliphatic rings. The van der Waals surface area contributed by atoms with Gasteiger partial charge in [0, 0.05) is 0 Å². The highest BCUT2D eigenvalue weighted by molar-refractivity contribution is 4.44. The van der Waals surface area contributed by atoms with Crippen LogP contribution in [0.3, 0.4) is 0 Å². The van der Waals surface area contributed by atoms with Gasteiger partial charge in [0.25, 0.3) is 0 Å². The van der Waals surface area contributed by atoms with E-state index in [2.05, 4.69) is 34.6 Å². The number of nitrogens with two attached hydrogens (primary N) is 1. The molecule has 0 aromatic rings. The summed E-state index contributed by atoms with van der Waals surface area (Å²) < 4.78 is 0. The minimum atomic E-state index is 0.869. The standard InChI is InChI=1S/C9H21N.2C3H8/c1-2-3-4-5-6-7-8-9-10;2*1-3-2/h2-10H2,1H3;2*3H2,1-2H3. The molecular formula is C15H37N. The first-order chi connectivity index (χ1) is 7.74. The third-order valence-electron chi connectivity index (χ3n) is 1.81. The van der Waals surface area contributed by atoms with Crippen molar-refractivity contribution in [2.45, 2.75) is 92.4 Å². The largest absolute Gasteiger partial charge is 0.330 e. The molecule has 0 rings (SSSR count). The fourth-order valence-electron chi connectivity index (χ4n) is 1.10. The molecule has 0 fully saturated rings. The molecule has 0 atom stereocenters. The van der Waals surface area contributed by atoms with Crippen molar-refractivity contribution in [2.75, 3.05) is 6.54 Å². The molecule has 0 unspecified atom stereocenters. The Morgan fingerprint density at radius 2 is 0.875 bits per heavy atom. The van der Waals surface area contributed by atoms with E-state index in [1.807, 2.05) is 0 Å². The highest BCUT2D eigenvalue weighted by atomic mass is 14.5. The molecule has 0 heterocycles. The summed E-state index contributed by atoms with van der Waals surface area (Å²) in [5, 5.41) is 0. The van der Waals surface area contributed by atoms with Gasteiger partial charge in [-0.15, -0.1) is 0 Å².